The number of carbonyl (C=O) groups excluding carboxylic acids is 1. The van der Waals surface area contributed by atoms with E-state index in [4.69, 9.17) is 4.74 Å². The third kappa shape index (κ3) is 2.50. The van der Waals surface area contributed by atoms with Crippen molar-refractivity contribution in [2.75, 3.05) is 20.2 Å². The molecule has 2 aliphatic rings. The van der Waals surface area contributed by atoms with Crippen LogP contribution in [0.25, 0.3) is 0 Å². The summed E-state index contributed by atoms with van der Waals surface area (Å²) in [6.07, 6.45) is 3.90. The third-order valence-corrected chi connectivity index (χ3v) is 5.89. The standard InChI is InChI=1S/C20H25N3O2/c1-23-13-5-8-16(23)19(24)22-17-14-6-3-4-7-15(14)20(18(17)25-2)9-11-21-12-10-20/h3-8,13,17-18,21H,9-12H2,1-2H3,(H,22,24)/t17-,18+/m1/s1. The number of aryl methyl sites for hydroxylation is 1. The highest BCUT2D eigenvalue weighted by Gasteiger charge is 2.53. The fourth-order valence-corrected chi connectivity index (χ4v) is 4.71. The molecule has 1 fully saturated rings. The number of ether oxygens (including phenoxy) is 1. The van der Waals surface area contributed by atoms with Gasteiger partial charge in [0.25, 0.3) is 5.91 Å². The number of nitrogens with one attached hydrogen (secondary N) is 2. The second kappa shape index (κ2) is 6.32. The van der Waals surface area contributed by atoms with Crippen LogP contribution in [0.4, 0.5) is 0 Å². The molecule has 25 heavy (non-hydrogen) atoms. The third-order valence-electron chi connectivity index (χ3n) is 5.89. The number of rotatable bonds is 3. The minimum atomic E-state index is -0.123. The van der Waals surface area contributed by atoms with Gasteiger partial charge < -0.3 is 19.9 Å². The normalized spacial score (nSPS) is 24.2. The Bertz CT molecular complexity index is 777. The number of piperidine rings is 1. The van der Waals surface area contributed by atoms with Gasteiger partial charge >= 0.3 is 0 Å². The van der Waals surface area contributed by atoms with E-state index in [-0.39, 0.29) is 23.5 Å². The SMILES string of the molecule is CO[C@H]1[C@H](NC(=O)c2cccn2C)c2ccccc2C12CCNCC2. The predicted octanol–water partition coefficient (Wildman–Crippen LogP) is 2.15. The van der Waals surface area contributed by atoms with Gasteiger partial charge in [-0.15, -0.1) is 0 Å². The summed E-state index contributed by atoms with van der Waals surface area (Å²) in [7, 11) is 3.65. The van der Waals surface area contributed by atoms with E-state index in [0.717, 1.165) is 25.9 Å². The fraction of sp³-hybridized carbons (Fsp3) is 0.450. The Kier molecular flexibility index (Phi) is 4.13. The first-order chi connectivity index (χ1) is 12.2. The Labute approximate surface area is 148 Å². The van der Waals surface area contributed by atoms with Crippen LogP contribution in [0.1, 0.15) is 40.5 Å². The first-order valence-electron chi connectivity index (χ1n) is 8.92. The lowest BCUT2D eigenvalue weighted by Crippen LogP contribution is -2.49. The molecule has 2 atom stereocenters. The van der Waals surface area contributed by atoms with Gasteiger partial charge in [0.1, 0.15) is 5.69 Å². The van der Waals surface area contributed by atoms with Crippen molar-refractivity contribution in [1.29, 1.82) is 0 Å². The summed E-state index contributed by atoms with van der Waals surface area (Å²) in [5, 5.41) is 6.70. The minimum absolute atomic E-state index is 0.0251. The number of aromatic nitrogens is 1. The molecule has 0 unspecified atom stereocenters. The van der Waals surface area contributed by atoms with Crippen LogP contribution in [0.2, 0.25) is 0 Å². The van der Waals surface area contributed by atoms with Crippen LogP contribution in [0.3, 0.4) is 0 Å². The van der Waals surface area contributed by atoms with Gasteiger partial charge in [-0.25, -0.2) is 0 Å². The molecule has 2 heterocycles. The quantitative estimate of drug-likeness (QED) is 0.901. The summed E-state index contributed by atoms with van der Waals surface area (Å²) in [6.45, 7) is 1.96. The zero-order valence-electron chi connectivity index (χ0n) is 14.8. The van der Waals surface area contributed by atoms with Gasteiger partial charge in [-0.1, -0.05) is 24.3 Å². The summed E-state index contributed by atoms with van der Waals surface area (Å²) in [4.78, 5) is 12.8. The van der Waals surface area contributed by atoms with Crippen molar-refractivity contribution in [3.63, 3.8) is 0 Å². The van der Waals surface area contributed by atoms with Gasteiger partial charge in [-0.05, 0) is 49.2 Å². The summed E-state index contributed by atoms with van der Waals surface area (Å²) in [5.74, 6) is -0.0552. The molecule has 1 amide bonds. The Morgan fingerprint density at radius 3 is 2.68 bits per heavy atom. The van der Waals surface area contributed by atoms with E-state index in [1.807, 2.05) is 36.0 Å². The van der Waals surface area contributed by atoms with Crippen molar-refractivity contribution < 1.29 is 9.53 Å². The summed E-state index contributed by atoms with van der Waals surface area (Å²) < 4.78 is 7.84. The smallest absolute Gasteiger partial charge is 0.268 e. The molecule has 0 radical (unpaired) electrons. The van der Waals surface area contributed by atoms with Crippen molar-refractivity contribution in [2.45, 2.75) is 30.4 Å². The molecular formula is C20H25N3O2. The Hall–Kier alpha value is -2.11. The number of nitrogens with zero attached hydrogens (tertiary/aromatic N) is 1. The monoisotopic (exact) mass is 339 g/mol. The average molecular weight is 339 g/mol. The van der Waals surface area contributed by atoms with Gasteiger partial charge in [0.15, 0.2) is 0 Å². The lowest BCUT2D eigenvalue weighted by atomic mass is 9.72. The van der Waals surface area contributed by atoms with E-state index in [1.54, 1.807) is 7.11 Å². The number of hydrogen-bond acceptors (Lipinski definition) is 3. The zero-order chi connectivity index (χ0) is 17.4. The van der Waals surface area contributed by atoms with E-state index < -0.39 is 0 Å². The Balaban J connectivity index is 1.72. The van der Waals surface area contributed by atoms with Crippen molar-refractivity contribution in [1.82, 2.24) is 15.2 Å². The van der Waals surface area contributed by atoms with Crippen LogP contribution in [0.15, 0.2) is 42.6 Å². The number of fused-ring (bicyclic) bond motifs is 2. The van der Waals surface area contributed by atoms with E-state index in [2.05, 4.69) is 28.8 Å². The van der Waals surface area contributed by atoms with Crippen LogP contribution >= 0.6 is 0 Å². The first kappa shape index (κ1) is 16.4. The second-order valence-corrected chi connectivity index (χ2v) is 7.11. The highest BCUT2D eigenvalue weighted by atomic mass is 16.5. The molecule has 1 aliphatic heterocycles. The number of amides is 1. The number of carbonyl (C=O) groups is 1. The average Bonchev–Trinajstić information content (AvgIpc) is 3.17. The maximum atomic E-state index is 12.8. The fourth-order valence-electron chi connectivity index (χ4n) is 4.71. The first-order valence-corrected chi connectivity index (χ1v) is 8.92. The maximum absolute atomic E-state index is 12.8. The molecule has 5 heteroatoms. The van der Waals surface area contributed by atoms with Crippen LogP contribution in [-0.4, -0.2) is 36.8 Å². The molecule has 0 bridgehead atoms. The summed E-state index contributed by atoms with van der Waals surface area (Å²) in [5.41, 5.74) is 3.17. The minimum Gasteiger partial charge on any atom is -0.378 e. The highest BCUT2D eigenvalue weighted by Crippen LogP contribution is 2.51. The predicted molar refractivity (Wildman–Crippen MR) is 96.6 cm³/mol. The van der Waals surface area contributed by atoms with Gasteiger partial charge in [0, 0.05) is 25.8 Å². The van der Waals surface area contributed by atoms with E-state index in [1.165, 1.54) is 11.1 Å². The molecule has 2 N–H and O–H groups in total. The lowest BCUT2D eigenvalue weighted by Gasteiger charge is -2.40. The molecule has 5 nitrogen and oxygen atoms in total. The lowest BCUT2D eigenvalue weighted by molar-refractivity contribution is 0.00389. The molecule has 0 saturated carbocycles. The molecule has 1 saturated heterocycles. The van der Waals surface area contributed by atoms with Gasteiger partial charge in [0.2, 0.25) is 0 Å². The van der Waals surface area contributed by atoms with Gasteiger partial charge in [0.05, 0.1) is 12.1 Å². The topological polar surface area (TPSA) is 55.3 Å². The van der Waals surface area contributed by atoms with Crippen LogP contribution in [-0.2, 0) is 17.2 Å². The van der Waals surface area contributed by atoms with Crippen molar-refractivity contribution >= 4 is 5.91 Å². The van der Waals surface area contributed by atoms with Crippen LogP contribution < -0.4 is 10.6 Å². The number of hydrogen-bond donors (Lipinski definition) is 2. The Morgan fingerprint density at radius 2 is 2.00 bits per heavy atom. The van der Waals surface area contributed by atoms with E-state index >= 15 is 0 Å². The largest absolute Gasteiger partial charge is 0.378 e. The molecule has 1 spiro atoms. The molecule has 1 aromatic carbocycles. The summed E-state index contributed by atoms with van der Waals surface area (Å²) >= 11 is 0. The van der Waals surface area contributed by atoms with E-state index in [9.17, 15) is 4.79 Å². The van der Waals surface area contributed by atoms with Gasteiger partial charge in [-0.2, -0.15) is 0 Å². The molecule has 4 rings (SSSR count). The Morgan fingerprint density at radius 1 is 1.24 bits per heavy atom. The molecule has 2 aromatic rings. The van der Waals surface area contributed by atoms with Crippen LogP contribution in [0, 0.1) is 0 Å². The number of benzene rings is 1. The molecule has 132 valence electrons. The van der Waals surface area contributed by atoms with Crippen molar-refractivity contribution in [2.24, 2.45) is 7.05 Å². The van der Waals surface area contributed by atoms with E-state index in [0.29, 0.717) is 5.69 Å². The molecular weight excluding hydrogens is 314 g/mol. The zero-order valence-corrected chi connectivity index (χ0v) is 14.8. The molecule has 1 aromatic heterocycles. The summed E-state index contributed by atoms with van der Waals surface area (Å²) in [6, 6.07) is 12.1. The highest BCUT2D eigenvalue weighted by molar-refractivity contribution is 5.93. The number of methoxy groups -OCH3 is 1. The van der Waals surface area contributed by atoms with Crippen molar-refractivity contribution in [3.8, 4) is 0 Å². The van der Waals surface area contributed by atoms with Crippen molar-refractivity contribution in [3.05, 3.63) is 59.4 Å². The van der Waals surface area contributed by atoms with Crippen LogP contribution in [0.5, 0.6) is 0 Å². The molecule has 1 aliphatic carbocycles. The maximum Gasteiger partial charge on any atom is 0.268 e. The second-order valence-electron chi connectivity index (χ2n) is 7.11. The van der Waals surface area contributed by atoms with Gasteiger partial charge in [-0.3, -0.25) is 4.79 Å².